The fraction of sp³-hybridized carbons (Fsp3) is 0.600. The first-order valence-electron chi connectivity index (χ1n) is 6.91. The molecule has 0 aromatic heterocycles. The van der Waals surface area contributed by atoms with Crippen LogP contribution in [-0.4, -0.2) is 35.2 Å². The quantitative estimate of drug-likeness (QED) is 0.756. The van der Waals surface area contributed by atoms with E-state index >= 15 is 0 Å². The van der Waals surface area contributed by atoms with Crippen LogP contribution in [0.2, 0.25) is 0 Å². The molecule has 1 unspecified atom stereocenters. The molecule has 3 heteroatoms. The summed E-state index contributed by atoms with van der Waals surface area (Å²) < 4.78 is 0. The molecule has 1 aliphatic carbocycles. The summed E-state index contributed by atoms with van der Waals surface area (Å²) >= 11 is 8.01. The van der Waals surface area contributed by atoms with Crippen molar-refractivity contribution in [3.05, 3.63) is 29.8 Å². The molecule has 1 aliphatic heterocycles. The van der Waals surface area contributed by atoms with Gasteiger partial charge in [0.25, 0.3) is 0 Å². The molecular weight excluding hydrogens is 262 g/mol. The Bertz CT molecular complexity index is 380. The van der Waals surface area contributed by atoms with Crippen molar-refractivity contribution in [1.29, 1.82) is 0 Å². The van der Waals surface area contributed by atoms with E-state index in [1.807, 2.05) is 0 Å². The maximum Gasteiger partial charge on any atom is 0.0351 e. The van der Waals surface area contributed by atoms with E-state index in [2.05, 4.69) is 40.9 Å². The Hall–Kier alpha value is -0.180. The zero-order valence-electron chi connectivity index (χ0n) is 10.6. The highest BCUT2D eigenvalue weighted by molar-refractivity contribution is 8.00. The van der Waals surface area contributed by atoms with Crippen molar-refractivity contribution >= 4 is 23.4 Å². The van der Waals surface area contributed by atoms with Crippen LogP contribution in [0.25, 0.3) is 0 Å². The molecular formula is C15H20ClNS. The summed E-state index contributed by atoms with van der Waals surface area (Å²) in [7, 11) is 0. The molecule has 0 bridgehead atoms. The fourth-order valence-corrected chi connectivity index (χ4v) is 4.47. The molecule has 1 aromatic rings. The summed E-state index contributed by atoms with van der Waals surface area (Å²) in [5.74, 6) is 0.765. The Balaban J connectivity index is 1.60. The fourth-order valence-electron chi connectivity index (χ4n) is 2.90. The lowest BCUT2D eigenvalue weighted by Crippen LogP contribution is -2.44. The molecule has 0 amide bonds. The minimum absolute atomic E-state index is 0.728. The van der Waals surface area contributed by atoms with Crippen LogP contribution in [0.3, 0.4) is 0 Å². The third-order valence-corrected chi connectivity index (χ3v) is 5.59. The van der Waals surface area contributed by atoms with Crippen LogP contribution in [0.1, 0.15) is 24.8 Å². The van der Waals surface area contributed by atoms with Crippen LogP contribution < -0.4 is 0 Å². The van der Waals surface area contributed by atoms with Crippen molar-refractivity contribution in [2.75, 3.05) is 19.0 Å². The Labute approximate surface area is 119 Å². The number of hydrogen-bond donors (Lipinski definition) is 0. The maximum atomic E-state index is 5.95. The molecule has 98 valence electrons. The van der Waals surface area contributed by atoms with E-state index in [0.717, 1.165) is 23.7 Å². The second-order valence-electron chi connectivity index (χ2n) is 5.32. The molecule has 1 atom stereocenters. The summed E-state index contributed by atoms with van der Waals surface area (Å²) in [5.41, 5.74) is 1.53. The zero-order chi connectivity index (χ0) is 12.4. The third-order valence-electron chi connectivity index (χ3n) is 4.11. The van der Waals surface area contributed by atoms with E-state index in [9.17, 15) is 0 Å². The highest BCUT2D eigenvalue weighted by Gasteiger charge is 2.29. The highest BCUT2D eigenvalue weighted by atomic mass is 35.5. The molecule has 0 radical (unpaired) electrons. The number of halogens is 1. The van der Waals surface area contributed by atoms with Gasteiger partial charge in [0.1, 0.15) is 0 Å². The minimum atomic E-state index is 0.728. The number of fused-ring (bicyclic) bond motifs is 1. The van der Waals surface area contributed by atoms with Gasteiger partial charge in [0, 0.05) is 35.2 Å². The Morgan fingerprint density at radius 3 is 2.78 bits per heavy atom. The van der Waals surface area contributed by atoms with Gasteiger partial charge in [0.05, 0.1) is 0 Å². The largest absolute Gasteiger partial charge is 0.298 e. The molecule has 1 fully saturated rings. The van der Waals surface area contributed by atoms with Gasteiger partial charge in [-0.2, -0.15) is 0 Å². The summed E-state index contributed by atoms with van der Waals surface area (Å²) in [6.07, 6.45) is 5.39. The average molecular weight is 282 g/mol. The van der Waals surface area contributed by atoms with Crippen LogP contribution in [0, 0.1) is 0 Å². The smallest absolute Gasteiger partial charge is 0.0351 e. The lowest BCUT2D eigenvalue weighted by atomic mass is 9.91. The molecule has 1 nitrogen and oxygen atoms in total. The van der Waals surface area contributed by atoms with Crippen molar-refractivity contribution < 1.29 is 0 Å². The van der Waals surface area contributed by atoms with Crippen molar-refractivity contribution in [2.24, 2.45) is 0 Å². The monoisotopic (exact) mass is 281 g/mol. The van der Waals surface area contributed by atoms with Gasteiger partial charge >= 0.3 is 0 Å². The lowest BCUT2D eigenvalue weighted by Gasteiger charge is -2.38. The molecule has 2 aliphatic rings. The molecule has 1 heterocycles. The summed E-state index contributed by atoms with van der Waals surface area (Å²) in [4.78, 5) is 4.11. The van der Waals surface area contributed by atoms with E-state index in [0.29, 0.717) is 0 Å². The normalized spacial score (nSPS) is 23.1. The van der Waals surface area contributed by atoms with E-state index < -0.39 is 0 Å². The number of nitrogens with zero attached hydrogens (tertiary/aromatic N) is 1. The minimum Gasteiger partial charge on any atom is -0.298 e. The first kappa shape index (κ1) is 12.8. The van der Waals surface area contributed by atoms with Gasteiger partial charge in [-0.15, -0.1) is 23.4 Å². The Morgan fingerprint density at radius 2 is 2.11 bits per heavy atom. The third kappa shape index (κ3) is 2.71. The van der Waals surface area contributed by atoms with Gasteiger partial charge in [-0.3, -0.25) is 4.90 Å². The Morgan fingerprint density at radius 1 is 1.28 bits per heavy atom. The lowest BCUT2D eigenvalue weighted by molar-refractivity contribution is 0.136. The van der Waals surface area contributed by atoms with E-state index in [1.54, 1.807) is 0 Å². The van der Waals surface area contributed by atoms with E-state index in [-0.39, 0.29) is 0 Å². The molecule has 3 rings (SSSR count). The van der Waals surface area contributed by atoms with Crippen molar-refractivity contribution in [1.82, 2.24) is 4.90 Å². The second kappa shape index (κ2) is 5.85. The number of benzene rings is 1. The first-order chi connectivity index (χ1) is 8.86. The van der Waals surface area contributed by atoms with Crippen LogP contribution in [0.5, 0.6) is 0 Å². The standard InChI is InChI=1S/C15H20ClNS/c16-8-9-17(13-5-3-6-13)11-14-10-12-4-1-2-7-15(12)18-14/h1-2,4,7,13-14H,3,5-6,8-11H2. The van der Waals surface area contributed by atoms with Gasteiger partial charge < -0.3 is 0 Å². The molecule has 18 heavy (non-hydrogen) atoms. The Kier molecular flexibility index (Phi) is 4.17. The van der Waals surface area contributed by atoms with Crippen LogP contribution >= 0.6 is 23.4 Å². The summed E-state index contributed by atoms with van der Waals surface area (Å²) in [6.45, 7) is 2.26. The van der Waals surface area contributed by atoms with Crippen LogP contribution in [0.4, 0.5) is 0 Å². The topological polar surface area (TPSA) is 3.24 Å². The predicted octanol–water partition coefficient (Wildman–Crippen LogP) is 3.80. The molecule has 1 saturated carbocycles. The second-order valence-corrected chi connectivity index (χ2v) is 7.04. The van der Waals surface area contributed by atoms with Gasteiger partial charge in [-0.05, 0) is 30.9 Å². The molecule has 1 aromatic carbocycles. The van der Waals surface area contributed by atoms with E-state index in [4.69, 9.17) is 11.6 Å². The number of thioether (sulfide) groups is 1. The van der Waals surface area contributed by atoms with Crippen LogP contribution in [-0.2, 0) is 6.42 Å². The van der Waals surface area contributed by atoms with Crippen molar-refractivity contribution in [3.8, 4) is 0 Å². The van der Waals surface area contributed by atoms with Gasteiger partial charge in [-0.1, -0.05) is 24.6 Å². The highest BCUT2D eigenvalue weighted by Crippen LogP contribution is 2.38. The molecule has 0 saturated heterocycles. The first-order valence-corrected chi connectivity index (χ1v) is 8.33. The SMILES string of the molecule is ClCCN(CC1Cc2ccccc2S1)C1CCC1. The van der Waals surface area contributed by atoms with E-state index in [1.165, 1.54) is 42.7 Å². The molecule has 0 spiro atoms. The van der Waals surface area contributed by atoms with Gasteiger partial charge in [0.15, 0.2) is 0 Å². The zero-order valence-corrected chi connectivity index (χ0v) is 12.2. The number of alkyl halides is 1. The van der Waals surface area contributed by atoms with Crippen molar-refractivity contribution in [3.63, 3.8) is 0 Å². The van der Waals surface area contributed by atoms with Crippen LogP contribution in [0.15, 0.2) is 29.2 Å². The van der Waals surface area contributed by atoms with Gasteiger partial charge in [-0.25, -0.2) is 0 Å². The summed E-state index contributed by atoms with van der Waals surface area (Å²) in [5, 5.41) is 0.728. The van der Waals surface area contributed by atoms with Gasteiger partial charge in [0.2, 0.25) is 0 Å². The molecule has 0 N–H and O–H groups in total. The van der Waals surface area contributed by atoms with Crippen molar-refractivity contribution in [2.45, 2.75) is 41.9 Å². The summed E-state index contributed by atoms with van der Waals surface area (Å²) in [6, 6.07) is 9.65. The number of hydrogen-bond acceptors (Lipinski definition) is 2. The maximum absolute atomic E-state index is 5.95. The average Bonchev–Trinajstić information content (AvgIpc) is 2.69. The predicted molar refractivity (Wildman–Crippen MR) is 79.7 cm³/mol. The number of rotatable bonds is 5.